The molecule has 1 aromatic rings. The highest BCUT2D eigenvalue weighted by Crippen LogP contribution is 2.17. The average molecular weight is 312 g/mol. The molecule has 1 heterocycles. The number of para-hydroxylation sites is 1. The van der Waals surface area contributed by atoms with Crippen molar-refractivity contribution in [2.45, 2.75) is 38.8 Å². The first-order chi connectivity index (χ1) is 9.58. The van der Waals surface area contributed by atoms with Crippen molar-refractivity contribution >= 4 is 24.0 Å². The Bertz CT molecular complexity index is 430. The van der Waals surface area contributed by atoms with Gasteiger partial charge in [0.1, 0.15) is 0 Å². The second-order valence-corrected chi connectivity index (χ2v) is 5.81. The van der Waals surface area contributed by atoms with Crippen LogP contribution in [-0.4, -0.2) is 42.5 Å². The summed E-state index contributed by atoms with van der Waals surface area (Å²) < 4.78 is 0. The number of likely N-dealkylation sites (tertiary alicyclic amines) is 1. The summed E-state index contributed by atoms with van der Waals surface area (Å²) in [6.07, 6.45) is 1.97. The number of piperidine rings is 1. The van der Waals surface area contributed by atoms with Crippen LogP contribution in [0.5, 0.6) is 0 Å². The zero-order valence-corrected chi connectivity index (χ0v) is 13.7. The van der Waals surface area contributed by atoms with E-state index in [1.807, 2.05) is 35.2 Å². The lowest BCUT2D eigenvalue weighted by Gasteiger charge is -2.33. The molecular weight excluding hydrogens is 286 g/mol. The molecule has 0 unspecified atom stereocenters. The minimum Gasteiger partial charge on any atom is -0.328 e. The van der Waals surface area contributed by atoms with Crippen LogP contribution < -0.4 is 10.6 Å². The number of benzene rings is 1. The Morgan fingerprint density at radius 2 is 1.86 bits per heavy atom. The molecule has 0 saturated carbocycles. The number of nitrogens with two attached hydrogens (primary N) is 1. The molecule has 1 aromatic carbocycles. The highest BCUT2D eigenvalue weighted by molar-refractivity contribution is 5.95. The molecule has 1 aliphatic heterocycles. The van der Waals surface area contributed by atoms with Gasteiger partial charge in [-0.2, -0.15) is 0 Å². The molecule has 0 spiro atoms. The van der Waals surface area contributed by atoms with Crippen LogP contribution >= 0.6 is 12.4 Å². The molecule has 118 valence electrons. The quantitative estimate of drug-likeness (QED) is 0.928. The molecule has 0 bridgehead atoms. The largest absolute Gasteiger partial charge is 0.328 e. The third kappa shape index (κ3) is 4.99. The van der Waals surface area contributed by atoms with E-state index in [4.69, 9.17) is 5.73 Å². The number of nitrogens with zero attached hydrogens (tertiary/aromatic N) is 2. The Morgan fingerprint density at radius 1 is 1.29 bits per heavy atom. The predicted molar refractivity (Wildman–Crippen MR) is 90.0 cm³/mol. The third-order valence-electron chi connectivity index (χ3n) is 3.81. The Labute approximate surface area is 133 Å². The summed E-state index contributed by atoms with van der Waals surface area (Å²) in [5.74, 6) is 0.168. The van der Waals surface area contributed by atoms with Crippen LogP contribution in [0.4, 0.5) is 5.69 Å². The van der Waals surface area contributed by atoms with Crippen molar-refractivity contribution < 1.29 is 4.79 Å². The fourth-order valence-electron chi connectivity index (χ4n) is 2.70. The molecule has 5 heteroatoms. The maximum absolute atomic E-state index is 12.6. The number of amides is 1. The molecule has 0 aliphatic carbocycles. The van der Waals surface area contributed by atoms with Crippen molar-refractivity contribution in [2.24, 2.45) is 5.73 Å². The fourth-order valence-corrected chi connectivity index (χ4v) is 2.70. The van der Waals surface area contributed by atoms with Gasteiger partial charge in [-0.3, -0.25) is 9.69 Å². The first kappa shape index (κ1) is 18.0. The normalized spacial score (nSPS) is 16.6. The van der Waals surface area contributed by atoms with Gasteiger partial charge in [-0.15, -0.1) is 12.4 Å². The van der Waals surface area contributed by atoms with E-state index in [0.717, 1.165) is 31.6 Å². The number of anilines is 1. The van der Waals surface area contributed by atoms with Gasteiger partial charge in [0.25, 0.3) is 0 Å². The molecule has 2 rings (SSSR count). The highest BCUT2D eigenvalue weighted by atomic mass is 35.5. The number of hydrogen-bond acceptors (Lipinski definition) is 3. The number of carbonyl (C=O) groups is 1. The molecule has 1 amide bonds. The van der Waals surface area contributed by atoms with Gasteiger partial charge < -0.3 is 10.6 Å². The highest BCUT2D eigenvalue weighted by Gasteiger charge is 2.23. The monoisotopic (exact) mass is 311 g/mol. The van der Waals surface area contributed by atoms with Gasteiger partial charge in [0, 0.05) is 30.9 Å². The first-order valence-electron chi connectivity index (χ1n) is 7.43. The van der Waals surface area contributed by atoms with Crippen molar-refractivity contribution in [1.82, 2.24) is 4.90 Å². The zero-order valence-electron chi connectivity index (χ0n) is 12.9. The van der Waals surface area contributed by atoms with Crippen LogP contribution in [0.25, 0.3) is 0 Å². The smallest absolute Gasteiger partial charge is 0.241 e. The van der Waals surface area contributed by atoms with E-state index in [-0.39, 0.29) is 24.4 Å². The lowest BCUT2D eigenvalue weighted by Crippen LogP contribution is -2.47. The second-order valence-electron chi connectivity index (χ2n) is 5.81. The number of halogens is 1. The van der Waals surface area contributed by atoms with Gasteiger partial charge in [0.05, 0.1) is 6.54 Å². The maximum atomic E-state index is 12.6. The standard InChI is InChI=1S/C16H25N3O.ClH/c1-13(2)19(15-6-4-3-5-7-15)16(20)12-18-10-8-14(17)9-11-18;/h3-7,13-14H,8-12,17H2,1-2H3;1H. The van der Waals surface area contributed by atoms with Crippen LogP contribution in [0.3, 0.4) is 0 Å². The molecule has 1 saturated heterocycles. The van der Waals surface area contributed by atoms with Gasteiger partial charge in [0.2, 0.25) is 5.91 Å². The van der Waals surface area contributed by atoms with Crippen LogP contribution in [-0.2, 0) is 4.79 Å². The second kappa shape index (κ2) is 8.37. The summed E-state index contributed by atoms with van der Waals surface area (Å²) in [6, 6.07) is 10.4. The van der Waals surface area contributed by atoms with Gasteiger partial charge in [-0.05, 0) is 38.8 Å². The molecular formula is C16H26ClN3O. The summed E-state index contributed by atoms with van der Waals surface area (Å²) in [5, 5.41) is 0. The van der Waals surface area contributed by atoms with Gasteiger partial charge in [0.15, 0.2) is 0 Å². The Kier molecular flexibility index (Phi) is 7.15. The van der Waals surface area contributed by atoms with E-state index in [0.29, 0.717) is 12.6 Å². The molecule has 2 N–H and O–H groups in total. The summed E-state index contributed by atoms with van der Waals surface area (Å²) in [5.41, 5.74) is 6.88. The lowest BCUT2D eigenvalue weighted by atomic mass is 10.1. The van der Waals surface area contributed by atoms with Crippen molar-refractivity contribution in [2.75, 3.05) is 24.5 Å². The first-order valence-corrected chi connectivity index (χ1v) is 7.43. The van der Waals surface area contributed by atoms with Crippen molar-refractivity contribution in [3.8, 4) is 0 Å². The molecule has 4 nitrogen and oxygen atoms in total. The molecule has 0 radical (unpaired) electrons. The summed E-state index contributed by atoms with van der Waals surface area (Å²) in [4.78, 5) is 16.7. The van der Waals surface area contributed by atoms with E-state index in [1.54, 1.807) is 0 Å². The molecule has 0 aromatic heterocycles. The molecule has 1 fully saturated rings. The minimum absolute atomic E-state index is 0. The van der Waals surface area contributed by atoms with Gasteiger partial charge in [-0.1, -0.05) is 18.2 Å². The van der Waals surface area contributed by atoms with Crippen LogP contribution in [0.15, 0.2) is 30.3 Å². The number of rotatable bonds is 4. The molecule has 21 heavy (non-hydrogen) atoms. The van der Waals surface area contributed by atoms with E-state index in [2.05, 4.69) is 18.7 Å². The Morgan fingerprint density at radius 3 is 2.38 bits per heavy atom. The van der Waals surface area contributed by atoms with E-state index < -0.39 is 0 Å². The van der Waals surface area contributed by atoms with Gasteiger partial charge in [-0.25, -0.2) is 0 Å². The van der Waals surface area contributed by atoms with Crippen LogP contribution in [0.1, 0.15) is 26.7 Å². The lowest BCUT2D eigenvalue weighted by molar-refractivity contribution is -0.120. The fraction of sp³-hybridized carbons (Fsp3) is 0.562. The van der Waals surface area contributed by atoms with Crippen molar-refractivity contribution in [3.63, 3.8) is 0 Å². The summed E-state index contributed by atoms with van der Waals surface area (Å²) in [6.45, 7) is 6.44. The molecule has 1 aliphatic rings. The maximum Gasteiger partial charge on any atom is 0.241 e. The van der Waals surface area contributed by atoms with Gasteiger partial charge >= 0.3 is 0 Å². The van der Waals surface area contributed by atoms with Crippen LogP contribution in [0, 0.1) is 0 Å². The van der Waals surface area contributed by atoms with Crippen molar-refractivity contribution in [1.29, 1.82) is 0 Å². The van der Waals surface area contributed by atoms with E-state index in [9.17, 15) is 4.79 Å². The minimum atomic E-state index is 0. The average Bonchev–Trinajstić information content (AvgIpc) is 2.42. The van der Waals surface area contributed by atoms with Crippen molar-refractivity contribution in [3.05, 3.63) is 30.3 Å². The number of hydrogen-bond donors (Lipinski definition) is 1. The summed E-state index contributed by atoms with van der Waals surface area (Å²) in [7, 11) is 0. The Hall–Kier alpha value is -1.10. The summed E-state index contributed by atoms with van der Waals surface area (Å²) >= 11 is 0. The van der Waals surface area contributed by atoms with Crippen LogP contribution in [0.2, 0.25) is 0 Å². The Balaban J connectivity index is 0.00000220. The van der Waals surface area contributed by atoms with E-state index >= 15 is 0 Å². The molecule has 0 atom stereocenters. The zero-order chi connectivity index (χ0) is 14.5. The predicted octanol–water partition coefficient (Wildman–Crippen LogP) is 2.27. The number of carbonyl (C=O) groups excluding carboxylic acids is 1. The topological polar surface area (TPSA) is 49.6 Å². The van der Waals surface area contributed by atoms with E-state index in [1.165, 1.54) is 0 Å². The third-order valence-corrected chi connectivity index (χ3v) is 3.81. The SMILES string of the molecule is CC(C)N(C(=O)CN1CCC(N)CC1)c1ccccc1.Cl.